The highest BCUT2D eigenvalue weighted by Gasteiger charge is 2.52. The molecule has 14 nitrogen and oxygen atoms in total. The van der Waals surface area contributed by atoms with Gasteiger partial charge in [-0.05, 0) is 88.2 Å². The summed E-state index contributed by atoms with van der Waals surface area (Å²) in [5, 5.41) is 44.4. The predicted molar refractivity (Wildman–Crippen MR) is 198 cm³/mol. The smallest absolute Gasteiger partial charge is 0.311 e. The second-order valence-corrected chi connectivity index (χ2v) is 16.5. The third-order valence-electron chi connectivity index (χ3n) is 12.0. The Labute approximate surface area is 318 Å². The Balaban J connectivity index is 2.72. The van der Waals surface area contributed by atoms with Gasteiger partial charge in [0.2, 0.25) is 0 Å². The van der Waals surface area contributed by atoms with Crippen LogP contribution >= 0.6 is 0 Å². The fourth-order valence-electron chi connectivity index (χ4n) is 7.95. The van der Waals surface area contributed by atoms with E-state index < -0.39 is 95.8 Å². The molecule has 0 bridgehead atoms. The minimum Gasteiger partial charge on any atom is -0.459 e. The van der Waals surface area contributed by atoms with E-state index in [9.17, 15) is 30.0 Å². The molecule has 0 amide bonds. The van der Waals surface area contributed by atoms with Crippen LogP contribution in [0.2, 0.25) is 0 Å². The number of nitrogens with zero attached hydrogens (tertiary/aromatic N) is 1. The van der Waals surface area contributed by atoms with Crippen molar-refractivity contribution >= 4 is 11.8 Å². The summed E-state index contributed by atoms with van der Waals surface area (Å²) in [6, 6.07) is -0.280. The second kappa shape index (κ2) is 19.7. The molecular formula is C39H73NO13. The molecule has 0 aromatic carbocycles. The number of ketones is 1. The van der Waals surface area contributed by atoms with Crippen LogP contribution in [0.5, 0.6) is 0 Å². The highest BCUT2D eigenvalue weighted by Crippen LogP contribution is 2.40. The Bertz CT molecular complexity index is 1160. The van der Waals surface area contributed by atoms with Crippen molar-refractivity contribution in [3.8, 4) is 0 Å². The van der Waals surface area contributed by atoms with Crippen molar-refractivity contribution in [1.29, 1.82) is 0 Å². The first-order valence-electron chi connectivity index (χ1n) is 19.3. The summed E-state index contributed by atoms with van der Waals surface area (Å²) in [6.45, 7) is 18.9. The quantitative estimate of drug-likeness (QED) is 0.133. The normalized spacial score (nSPS) is 34.5. The fourth-order valence-corrected chi connectivity index (χ4v) is 7.95. The average molecular weight is 764 g/mol. The molecule has 0 radical (unpaired) electrons. The molecule has 2 rings (SSSR count). The lowest BCUT2D eigenvalue weighted by Gasteiger charge is -2.49. The van der Waals surface area contributed by atoms with Crippen molar-refractivity contribution in [2.24, 2.45) is 17.8 Å². The van der Waals surface area contributed by atoms with Crippen molar-refractivity contribution in [2.75, 3.05) is 28.3 Å². The maximum Gasteiger partial charge on any atom is 0.311 e. The molecule has 0 aliphatic carbocycles. The van der Waals surface area contributed by atoms with Crippen LogP contribution in [-0.4, -0.2) is 150 Å². The summed E-state index contributed by atoms with van der Waals surface area (Å²) in [6.07, 6.45) is -7.75. The van der Waals surface area contributed by atoms with Gasteiger partial charge >= 0.3 is 5.97 Å². The van der Waals surface area contributed by atoms with E-state index in [0.717, 1.165) is 0 Å². The van der Waals surface area contributed by atoms with E-state index in [4.69, 9.17) is 33.2 Å². The van der Waals surface area contributed by atoms with Crippen LogP contribution in [0.3, 0.4) is 0 Å². The number of hydrogen-bond acceptors (Lipinski definition) is 14. The summed E-state index contributed by atoms with van der Waals surface area (Å²) in [4.78, 5) is 28.7. The lowest BCUT2D eigenvalue weighted by Crippen LogP contribution is -2.61. The summed E-state index contributed by atoms with van der Waals surface area (Å²) >= 11 is 0. The van der Waals surface area contributed by atoms with Crippen molar-refractivity contribution in [3.63, 3.8) is 0 Å². The molecule has 0 aromatic heterocycles. The van der Waals surface area contributed by atoms with Crippen LogP contribution in [0.25, 0.3) is 0 Å². The monoisotopic (exact) mass is 764 g/mol. The topological polar surface area (TPSA) is 183 Å². The first-order valence-corrected chi connectivity index (χ1v) is 19.3. The number of ether oxygens (including phenoxy) is 7. The van der Waals surface area contributed by atoms with E-state index in [1.54, 1.807) is 41.5 Å². The summed E-state index contributed by atoms with van der Waals surface area (Å²) < 4.78 is 43.8. The Morgan fingerprint density at radius 3 is 2.11 bits per heavy atom. The minimum atomic E-state index is -1.73. The first kappa shape index (κ1) is 47.9. The predicted octanol–water partition coefficient (Wildman–Crippen LogP) is 3.22. The van der Waals surface area contributed by atoms with Crippen molar-refractivity contribution in [3.05, 3.63) is 0 Å². The number of carbonyl (C=O) groups is 2. The number of hydrogen-bond donors (Lipinski definition) is 4. The molecule has 53 heavy (non-hydrogen) atoms. The molecule has 0 saturated carbocycles. The first-order chi connectivity index (χ1) is 24.4. The number of carbonyl (C=O) groups excluding carboxylic acids is 2. The second-order valence-electron chi connectivity index (χ2n) is 16.5. The van der Waals surface area contributed by atoms with E-state index in [0.29, 0.717) is 6.42 Å². The van der Waals surface area contributed by atoms with Crippen LogP contribution in [-0.2, 0) is 42.7 Å². The summed E-state index contributed by atoms with van der Waals surface area (Å²) in [7, 11) is 6.79. The maximum atomic E-state index is 14.2. The molecule has 14 heteroatoms. The third-order valence-corrected chi connectivity index (χ3v) is 12.0. The fraction of sp³-hybridized carbons (Fsp3) is 0.949. The van der Waals surface area contributed by atoms with Gasteiger partial charge in [0.15, 0.2) is 12.6 Å². The minimum absolute atomic E-state index is 0.0476. The Kier molecular flexibility index (Phi) is 17.8. The SMILES string of the molecule is CCC(O)C(C)(O)[C@@H](CC)OC(=O)[C@H](C)C(OC1CC(C)(OC)C(O)[C@H](C)O1)[C@H](C)C(OC1O[C@H](C)CC(N(C)C)C1O)C(C)(C[C@@H](C)C(C)=O)OC. The molecule has 0 spiro atoms. The Morgan fingerprint density at radius 1 is 1.02 bits per heavy atom. The lowest BCUT2D eigenvalue weighted by atomic mass is 9.77. The largest absolute Gasteiger partial charge is 0.459 e. The van der Waals surface area contributed by atoms with Crippen LogP contribution in [0, 0.1) is 17.8 Å². The molecule has 2 saturated heterocycles. The molecule has 17 atom stereocenters. The number of aliphatic hydroxyl groups excluding tert-OH is 3. The van der Waals surface area contributed by atoms with Crippen LogP contribution < -0.4 is 0 Å². The molecule has 2 heterocycles. The Hall–Kier alpha value is -1.30. The molecule has 0 aromatic rings. The number of esters is 1. The highest BCUT2D eigenvalue weighted by atomic mass is 16.7. The number of likely N-dealkylation sites (N-methyl/N-ethyl adjacent to an activating group) is 1. The van der Waals surface area contributed by atoms with Gasteiger partial charge in [0, 0.05) is 38.5 Å². The van der Waals surface area contributed by atoms with Crippen molar-refractivity contribution in [2.45, 2.75) is 193 Å². The van der Waals surface area contributed by atoms with Gasteiger partial charge in [0.05, 0.1) is 47.6 Å². The van der Waals surface area contributed by atoms with Gasteiger partial charge in [-0.1, -0.05) is 27.7 Å². The van der Waals surface area contributed by atoms with E-state index in [2.05, 4.69) is 0 Å². The number of rotatable bonds is 20. The number of aliphatic hydroxyl groups is 4. The molecule has 2 aliphatic heterocycles. The van der Waals surface area contributed by atoms with Crippen LogP contribution in [0.4, 0.5) is 0 Å². The molecule has 2 aliphatic rings. The van der Waals surface area contributed by atoms with E-state index in [-0.39, 0.29) is 43.6 Å². The average Bonchev–Trinajstić information content (AvgIpc) is 3.10. The van der Waals surface area contributed by atoms with Crippen LogP contribution in [0.1, 0.15) is 108 Å². The lowest BCUT2D eigenvalue weighted by molar-refractivity contribution is -0.319. The number of Topliss-reactive ketones (excluding diaryl/α,β-unsaturated/α-hetero) is 1. The maximum absolute atomic E-state index is 14.2. The van der Waals surface area contributed by atoms with Gasteiger partial charge in [-0.25, -0.2) is 0 Å². The molecular weight excluding hydrogens is 690 g/mol. The van der Waals surface area contributed by atoms with Crippen LogP contribution in [0.15, 0.2) is 0 Å². The number of methoxy groups -OCH3 is 2. The van der Waals surface area contributed by atoms with Gasteiger partial charge in [-0.15, -0.1) is 0 Å². The Morgan fingerprint density at radius 2 is 1.62 bits per heavy atom. The molecule has 312 valence electrons. The highest BCUT2D eigenvalue weighted by molar-refractivity contribution is 5.78. The van der Waals surface area contributed by atoms with E-state index in [1.807, 2.05) is 39.8 Å². The molecule has 2 fully saturated rings. The summed E-state index contributed by atoms with van der Waals surface area (Å²) in [5.74, 6) is -2.92. The van der Waals surface area contributed by atoms with Crippen molar-refractivity contribution in [1.82, 2.24) is 4.90 Å². The van der Waals surface area contributed by atoms with Gasteiger partial charge in [0.1, 0.15) is 29.7 Å². The van der Waals surface area contributed by atoms with E-state index in [1.165, 1.54) is 28.1 Å². The zero-order valence-corrected chi connectivity index (χ0v) is 35.0. The van der Waals surface area contributed by atoms with E-state index >= 15 is 0 Å². The third kappa shape index (κ3) is 11.4. The summed E-state index contributed by atoms with van der Waals surface area (Å²) in [5.41, 5.74) is -3.93. The van der Waals surface area contributed by atoms with Crippen molar-refractivity contribution < 1.29 is 63.2 Å². The zero-order chi connectivity index (χ0) is 40.8. The van der Waals surface area contributed by atoms with Gasteiger partial charge in [0.25, 0.3) is 0 Å². The van der Waals surface area contributed by atoms with Gasteiger partial charge in [-0.2, -0.15) is 0 Å². The molecule has 4 N–H and O–H groups in total. The molecule has 11 unspecified atom stereocenters. The van der Waals surface area contributed by atoms with Gasteiger partial charge < -0.3 is 58.5 Å². The van der Waals surface area contributed by atoms with Gasteiger partial charge in [-0.3, -0.25) is 9.59 Å². The standard InChI is InChI=1S/C39H73NO13/c1-16-28(42)39(11,46)29(17-2)51-35(45)24(6)32(52-30-20-37(9,47-14)33(44)26(8)50-30)23(5)34(38(10,48-15)19-21(3)25(7)41)53-36-31(43)27(40(12)13)18-22(4)49-36/h21-24,26-34,36,42-44,46H,16-20H2,1-15H3/t21-,22-,23+,24-,26+,27?,28?,29-,30?,31?,32?,33?,34?,36?,37?,38?,39?/m1/s1. The zero-order valence-electron chi connectivity index (χ0n) is 35.0.